The lowest BCUT2D eigenvalue weighted by Gasteiger charge is -2.27. The van der Waals surface area contributed by atoms with Crippen molar-refractivity contribution in [2.45, 2.75) is 20.0 Å². The molecule has 0 radical (unpaired) electrons. The Bertz CT molecular complexity index is 1510. The Hall–Kier alpha value is -4.89. The fourth-order valence-electron chi connectivity index (χ4n) is 4.89. The summed E-state index contributed by atoms with van der Waals surface area (Å²) in [5.74, 6) is -2.38. The van der Waals surface area contributed by atoms with Crippen LogP contribution in [-0.4, -0.2) is 53.8 Å². The van der Waals surface area contributed by atoms with Crippen molar-refractivity contribution in [3.05, 3.63) is 132 Å². The van der Waals surface area contributed by atoms with E-state index in [1.807, 2.05) is 30.3 Å². The molecule has 0 unspecified atom stereocenters. The van der Waals surface area contributed by atoms with Gasteiger partial charge in [0.2, 0.25) is 5.91 Å². The van der Waals surface area contributed by atoms with E-state index < -0.39 is 11.6 Å². The molecule has 2 aliphatic rings. The molecule has 1 N–H and O–H groups in total. The van der Waals surface area contributed by atoms with Crippen molar-refractivity contribution in [2.75, 3.05) is 31.6 Å². The van der Waals surface area contributed by atoms with Crippen LogP contribution in [0.1, 0.15) is 45.2 Å². The van der Waals surface area contributed by atoms with E-state index in [-0.39, 0.29) is 48.7 Å². The SMILES string of the molecule is C/C(=C\Nc1cc(F)c(C2=CCN(C(=O)COCc3ccccc3)CC2)c(F)c1)CN1C(=O)c2ccccc2C1=O.C=C. The lowest BCUT2D eigenvalue weighted by atomic mass is 9.98. The number of rotatable bonds is 9. The third kappa shape index (κ3) is 7.31. The first-order chi connectivity index (χ1) is 20.8. The summed E-state index contributed by atoms with van der Waals surface area (Å²) in [5, 5.41) is 2.86. The number of hydrogen-bond acceptors (Lipinski definition) is 5. The molecule has 3 aromatic carbocycles. The van der Waals surface area contributed by atoms with Crippen molar-refractivity contribution >= 4 is 29.0 Å². The van der Waals surface area contributed by atoms with E-state index in [1.165, 1.54) is 18.3 Å². The average Bonchev–Trinajstić information content (AvgIpc) is 3.26. The predicted octanol–water partition coefficient (Wildman–Crippen LogP) is 6.21. The number of carbonyl (C=O) groups is 3. The zero-order chi connectivity index (χ0) is 30.9. The molecular formula is C34H33F2N3O4. The molecule has 0 saturated heterocycles. The van der Waals surface area contributed by atoms with Crippen molar-refractivity contribution in [2.24, 2.45) is 0 Å². The maximum atomic E-state index is 15.0. The number of nitrogens with zero attached hydrogens (tertiary/aromatic N) is 2. The van der Waals surface area contributed by atoms with Crippen LogP contribution >= 0.6 is 0 Å². The highest BCUT2D eigenvalue weighted by molar-refractivity contribution is 6.21. The van der Waals surface area contributed by atoms with E-state index in [1.54, 1.807) is 42.2 Å². The van der Waals surface area contributed by atoms with Gasteiger partial charge in [-0.1, -0.05) is 48.5 Å². The van der Waals surface area contributed by atoms with Gasteiger partial charge in [-0.2, -0.15) is 0 Å². The summed E-state index contributed by atoms with van der Waals surface area (Å²) in [6.07, 6.45) is 3.49. The number of halogens is 2. The Morgan fingerprint density at radius 1 is 0.977 bits per heavy atom. The molecule has 0 aliphatic carbocycles. The molecule has 3 aromatic rings. The van der Waals surface area contributed by atoms with Gasteiger partial charge in [-0.3, -0.25) is 19.3 Å². The molecule has 222 valence electrons. The summed E-state index contributed by atoms with van der Waals surface area (Å²) >= 11 is 0. The molecule has 5 rings (SSSR count). The standard InChI is InChI=1S/C32H29F2N3O4.C2H4/c1-21(18-37-31(39)25-9-5-6-10-26(25)32(37)40)17-35-24-15-27(33)30(28(34)16-24)23-11-13-36(14-12-23)29(38)20-41-19-22-7-3-2-4-8-22;1-2/h2-11,15-17,35H,12-14,18-20H2,1H3;1-2H2/b21-17+;. The zero-order valence-corrected chi connectivity index (χ0v) is 23.9. The van der Waals surface area contributed by atoms with Crippen molar-refractivity contribution in [1.29, 1.82) is 0 Å². The quantitative estimate of drug-likeness (QED) is 0.239. The van der Waals surface area contributed by atoms with Gasteiger partial charge < -0.3 is 15.0 Å². The van der Waals surface area contributed by atoms with Crippen molar-refractivity contribution in [3.8, 4) is 0 Å². The minimum atomic E-state index is -0.726. The Morgan fingerprint density at radius 3 is 2.16 bits per heavy atom. The molecule has 9 heteroatoms. The number of fused-ring (bicyclic) bond motifs is 1. The lowest BCUT2D eigenvalue weighted by molar-refractivity contribution is -0.136. The number of anilines is 1. The van der Waals surface area contributed by atoms with Crippen LogP contribution in [0.25, 0.3) is 5.57 Å². The number of imide groups is 1. The molecule has 0 atom stereocenters. The first kappa shape index (κ1) is 31.1. The molecule has 0 saturated carbocycles. The van der Waals surface area contributed by atoms with Gasteiger partial charge in [-0.25, -0.2) is 8.78 Å². The number of benzene rings is 3. The van der Waals surface area contributed by atoms with Crippen LogP contribution in [0.2, 0.25) is 0 Å². The van der Waals surface area contributed by atoms with E-state index in [9.17, 15) is 14.4 Å². The van der Waals surface area contributed by atoms with E-state index in [4.69, 9.17) is 4.74 Å². The molecule has 3 amide bonds. The summed E-state index contributed by atoms with van der Waals surface area (Å²) in [4.78, 5) is 40.4. The second-order valence-electron chi connectivity index (χ2n) is 9.99. The molecule has 2 aliphatic heterocycles. The third-order valence-corrected chi connectivity index (χ3v) is 7.03. The second-order valence-corrected chi connectivity index (χ2v) is 9.99. The summed E-state index contributed by atoms with van der Waals surface area (Å²) in [6, 6.07) is 18.6. The van der Waals surface area contributed by atoms with E-state index in [0.717, 1.165) is 10.5 Å². The average molecular weight is 586 g/mol. The van der Waals surface area contributed by atoms with Crippen molar-refractivity contribution in [3.63, 3.8) is 0 Å². The van der Waals surface area contributed by atoms with Crippen LogP contribution in [0.15, 0.2) is 97.7 Å². The monoisotopic (exact) mass is 585 g/mol. The van der Waals surface area contributed by atoms with Gasteiger partial charge in [0.05, 0.1) is 24.3 Å². The Labute approximate surface area is 249 Å². The van der Waals surface area contributed by atoms with Gasteiger partial charge in [0.25, 0.3) is 11.8 Å². The second kappa shape index (κ2) is 14.3. The van der Waals surface area contributed by atoms with Gasteiger partial charge in [0.1, 0.15) is 18.2 Å². The highest BCUT2D eigenvalue weighted by Gasteiger charge is 2.34. The number of hydrogen-bond donors (Lipinski definition) is 1. The first-order valence-electron chi connectivity index (χ1n) is 13.8. The summed E-state index contributed by atoms with van der Waals surface area (Å²) in [7, 11) is 0. The van der Waals surface area contributed by atoms with Crippen LogP contribution < -0.4 is 5.32 Å². The smallest absolute Gasteiger partial charge is 0.261 e. The normalized spacial score (nSPS) is 14.6. The van der Waals surface area contributed by atoms with E-state index >= 15 is 8.78 Å². The molecule has 43 heavy (non-hydrogen) atoms. The summed E-state index contributed by atoms with van der Waals surface area (Å²) in [5.41, 5.74) is 2.88. The fourth-order valence-corrected chi connectivity index (χ4v) is 4.89. The van der Waals surface area contributed by atoms with E-state index in [0.29, 0.717) is 41.8 Å². The highest BCUT2D eigenvalue weighted by atomic mass is 19.1. The zero-order valence-electron chi connectivity index (χ0n) is 23.9. The van der Waals surface area contributed by atoms with Gasteiger partial charge in [-0.05, 0) is 54.3 Å². The predicted molar refractivity (Wildman–Crippen MR) is 162 cm³/mol. The van der Waals surface area contributed by atoms with Crippen LogP contribution in [0.3, 0.4) is 0 Å². The van der Waals surface area contributed by atoms with Crippen LogP contribution in [0, 0.1) is 11.6 Å². The lowest BCUT2D eigenvalue weighted by Crippen LogP contribution is -2.37. The fraction of sp³-hybridized carbons (Fsp3) is 0.206. The molecule has 7 nitrogen and oxygen atoms in total. The summed E-state index contributed by atoms with van der Waals surface area (Å²) in [6.45, 7) is 8.59. The van der Waals surface area contributed by atoms with Gasteiger partial charge in [-0.15, -0.1) is 13.2 Å². The maximum absolute atomic E-state index is 15.0. The minimum absolute atomic E-state index is 0.0434. The molecule has 0 bridgehead atoms. The Morgan fingerprint density at radius 2 is 1.58 bits per heavy atom. The Balaban J connectivity index is 0.00000207. The number of nitrogens with one attached hydrogen (secondary N) is 1. The van der Waals surface area contributed by atoms with Gasteiger partial charge in [0, 0.05) is 30.5 Å². The highest BCUT2D eigenvalue weighted by Crippen LogP contribution is 2.30. The minimum Gasteiger partial charge on any atom is -0.367 e. The number of amides is 3. The first-order valence-corrected chi connectivity index (χ1v) is 13.8. The number of ether oxygens (including phenoxy) is 1. The van der Waals surface area contributed by atoms with Gasteiger partial charge >= 0.3 is 0 Å². The molecule has 0 spiro atoms. The topological polar surface area (TPSA) is 79.0 Å². The maximum Gasteiger partial charge on any atom is 0.261 e. The van der Waals surface area contributed by atoms with Crippen LogP contribution in [-0.2, 0) is 16.1 Å². The van der Waals surface area contributed by atoms with Gasteiger partial charge in [0.15, 0.2) is 0 Å². The van der Waals surface area contributed by atoms with Crippen molar-refractivity contribution in [1.82, 2.24) is 9.80 Å². The third-order valence-electron chi connectivity index (χ3n) is 7.03. The number of carbonyl (C=O) groups excluding carboxylic acids is 3. The summed E-state index contributed by atoms with van der Waals surface area (Å²) < 4.78 is 35.6. The Kier molecular flexibility index (Phi) is 10.3. The molecule has 0 aromatic heterocycles. The van der Waals surface area contributed by atoms with Crippen molar-refractivity contribution < 1.29 is 27.9 Å². The van der Waals surface area contributed by atoms with Crippen LogP contribution in [0.4, 0.5) is 14.5 Å². The molecule has 2 heterocycles. The van der Waals surface area contributed by atoms with Crippen LogP contribution in [0.5, 0.6) is 0 Å². The molecular weight excluding hydrogens is 552 g/mol. The van der Waals surface area contributed by atoms with E-state index in [2.05, 4.69) is 18.5 Å². The largest absolute Gasteiger partial charge is 0.367 e. The molecule has 0 fully saturated rings.